The Morgan fingerprint density at radius 3 is 1.56 bits per heavy atom. The van der Waals surface area contributed by atoms with Gasteiger partial charge in [-0.2, -0.15) is 0 Å². The smallest absolute Gasteiger partial charge is 0.305 e. The fourth-order valence-corrected chi connectivity index (χ4v) is 13.8. The Hall–Kier alpha value is -11.7. The van der Waals surface area contributed by atoms with Gasteiger partial charge in [0.2, 0.25) is 76.8 Å². The standard InChI is InChI=1S/C78H107N19O16S/c1-6-8-22-54-70(106)89-55(26-17-30-83-78(81)82)71(107)91-58(34-48-37-85-52-24-14-12-21-50(48)52)75(111)96-65(42(3)4)76(112)95-61(67(80)103)40-114-41-63(100)88-56(32-44-27-28-45-18-9-10-19-46(45)31-44)74(110)97-66(43(5)7-2)77(113)94-60(39-98)68(104)86-38-62(99)87-53(25-15-16-29-79)69(105)93-59(35-64(101)102)73(109)92-57(72(108)90-54)33-47-36-84-51-23-13-11-20-49(47)51/h9-14,18-21,23-24,27-28,31,36-37,42-43,53-61,65-66,84-85,98H,6-8,15-17,22,25-26,29-30,32-35,38-41,79H2,1-5H3,(H2,80,103)(H,86,104)(H,87,99)(H,88,100)(H,89,106)(H,90,108)(H,91,107)(H,92,109)(H,93,105)(H,94,113)(H,95,112)(H,96,111)(H,97,110)(H,101,102)(H4,81,82,83)/t43-,53-,54-,55-,56-,57-,58+,59-,60-,61-,65-,66-/m0/s1. The van der Waals surface area contributed by atoms with Gasteiger partial charge in [0.15, 0.2) is 5.96 Å². The molecule has 0 unspecified atom stereocenters. The van der Waals surface area contributed by atoms with Crippen LogP contribution in [0.3, 0.4) is 0 Å². The minimum absolute atomic E-state index is 0.0225. The molecule has 0 bridgehead atoms. The lowest BCUT2D eigenvalue weighted by atomic mass is 9.96. The summed E-state index contributed by atoms with van der Waals surface area (Å²) < 4.78 is 0. The number of aromatic amines is 2. The lowest BCUT2D eigenvalue weighted by molar-refractivity contribution is -0.141. The zero-order chi connectivity index (χ0) is 83.1. The number of amides is 13. The first-order valence-electron chi connectivity index (χ1n) is 38.2. The largest absolute Gasteiger partial charge is 0.481 e. The number of carboxylic acids is 1. The first-order valence-corrected chi connectivity index (χ1v) is 39.3. The highest BCUT2D eigenvalue weighted by molar-refractivity contribution is 8.00. The van der Waals surface area contributed by atoms with Gasteiger partial charge in [0.05, 0.1) is 25.3 Å². The average Bonchev–Trinajstić information content (AvgIpc) is 1.45. The summed E-state index contributed by atoms with van der Waals surface area (Å²) in [5.41, 5.74) is 20.2. The molecule has 4 aromatic carbocycles. The van der Waals surface area contributed by atoms with E-state index >= 15 is 19.2 Å². The van der Waals surface area contributed by atoms with Crippen LogP contribution in [-0.4, -0.2) is 213 Å². The van der Waals surface area contributed by atoms with Crippen molar-refractivity contribution < 1.29 is 77.3 Å². The van der Waals surface area contributed by atoms with Crippen LogP contribution < -0.4 is 86.3 Å². The number of unbranched alkanes of at least 4 members (excludes halogenated alkanes) is 2. The third-order valence-corrected chi connectivity index (χ3v) is 20.6. The van der Waals surface area contributed by atoms with Crippen LogP contribution in [0.1, 0.15) is 116 Å². The maximum atomic E-state index is 15.1. The maximum Gasteiger partial charge on any atom is 0.305 e. The number of nitrogens with two attached hydrogens (primary N) is 3. The van der Waals surface area contributed by atoms with Gasteiger partial charge in [0, 0.05) is 65.8 Å². The number of guanidine groups is 1. The van der Waals surface area contributed by atoms with E-state index in [4.69, 9.17) is 22.6 Å². The third kappa shape index (κ3) is 27.0. The second-order valence-corrected chi connectivity index (χ2v) is 29.6. The Labute approximate surface area is 663 Å². The van der Waals surface area contributed by atoms with Crippen LogP contribution in [0.15, 0.2) is 103 Å². The Morgan fingerprint density at radius 2 is 1.01 bits per heavy atom. The number of carbonyl (C=O) groups is 14. The third-order valence-electron chi connectivity index (χ3n) is 19.5. The van der Waals surface area contributed by atoms with Crippen molar-refractivity contribution in [3.63, 3.8) is 0 Å². The normalized spacial score (nSPS) is 22.9. The molecule has 0 aliphatic carbocycles. The Morgan fingerprint density at radius 1 is 0.526 bits per heavy atom. The van der Waals surface area contributed by atoms with E-state index in [0.29, 0.717) is 57.8 Å². The highest BCUT2D eigenvalue weighted by Crippen LogP contribution is 2.24. The van der Waals surface area contributed by atoms with Gasteiger partial charge in [-0.05, 0) is 96.5 Å². The number of rotatable bonds is 24. The highest BCUT2D eigenvalue weighted by Gasteiger charge is 2.39. The summed E-state index contributed by atoms with van der Waals surface area (Å²) in [7, 11) is 0. The van der Waals surface area contributed by atoms with Gasteiger partial charge in [-0.15, -0.1) is 11.8 Å². The van der Waals surface area contributed by atoms with Crippen LogP contribution in [0.2, 0.25) is 0 Å². The van der Waals surface area contributed by atoms with Crippen molar-refractivity contribution >= 4 is 133 Å². The van der Waals surface area contributed by atoms with Crippen LogP contribution in [-0.2, 0) is 86.4 Å². The predicted molar refractivity (Wildman–Crippen MR) is 428 cm³/mol. The Balaban J connectivity index is 1.27. The zero-order valence-electron chi connectivity index (χ0n) is 64.5. The number of hydrogen-bond acceptors (Lipinski definition) is 18. The number of aromatic nitrogens is 2. The predicted octanol–water partition coefficient (Wildman–Crippen LogP) is -0.737. The van der Waals surface area contributed by atoms with E-state index in [9.17, 15) is 58.2 Å². The molecule has 0 saturated carbocycles. The van der Waals surface area contributed by atoms with Gasteiger partial charge in [-0.1, -0.05) is 133 Å². The molecule has 1 aliphatic rings. The van der Waals surface area contributed by atoms with Crippen molar-refractivity contribution in [3.8, 4) is 0 Å². The number of aliphatic carboxylic acids is 1. The average molecular weight is 1600 g/mol. The first-order chi connectivity index (χ1) is 54.5. The molecule has 12 atom stereocenters. The number of fused-ring (bicyclic) bond motifs is 3. The Bertz CT molecular complexity index is 4400. The van der Waals surface area contributed by atoms with Crippen molar-refractivity contribution in [3.05, 3.63) is 120 Å². The summed E-state index contributed by atoms with van der Waals surface area (Å²) in [6.45, 7) is 6.66. The number of aliphatic hydroxyl groups is 1. The van der Waals surface area contributed by atoms with E-state index in [-0.39, 0.29) is 76.6 Å². The molecule has 1 saturated heterocycles. The lowest BCUT2D eigenvalue weighted by Gasteiger charge is -2.29. The number of thioether (sulfide) groups is 1. The second-order valence-electron chi connectivity index (χ2n) is 28.6. The van der Waals surface area contributed by atoms with E-state index < -0.39 is 192 Å². The number of nitrogens with one attached hydrogen (secondary N) is 16. The van der Waals surface area contributed by atoms with Crippen molar-refractivity contribution in [2.24, 2.45) is 29.0 Å². The highest BCUT2D eigenvalue weighted by atomic mass is 32.2. The first kappa shape index (κ1) is 89.5. The number of carbonyl (C=O) groups excluding carboxylic acids is 13. The molecule has 0 radical (unpaired) electrons. The second kappa shape index (κ2) is 44.5. The molecule has 35 nitrogen and oxygen atoms in total. The van der Waals surface area contributed by atoms with Crippen LogP contribution >= 0.6 is 11.8 Å². The molecule has 24 N–H and O–H groups in total. The van der Waals surface area contributed by atoms with E-state index in [1.807, 2.05) is 43.3 Å². The summed E-state index contributed by atoms with van der Waals surface area (Å²) in [6.07, 6.45) is 2.79. The van der Waals surface area contributed by atoms with Gasteiger partial charge in [-0.25, -0.2) is 0 Å². The topological polar surface area (TPSA) is 569 Å². The quantitative estimate of drug-likeness (QED) is 0.0202. The molecule has 3 heterocycles. The molecule has 2 aromatic heterocycles. The van der Waals surface area contributed by atoms with Gasteiger partial charge in [0.1, 0.15) is 66.5 Å². The number of para-hydroxylation sites is 2. The van der Waals surface area contributed by atoms with Gasteiger partial charge >= 0.3 is 5.97 Å². The monoisotopic (exact) mass is 1600 g/mol. The Kier molecular flexibility index (Phi) is 35.0. The number of primary amides is 1. The maximum absolute atomic E-state index is 15.1. The van der Waals surface area contributed by atoms with Crippen LogP contribution in [0.5, 0.6) is 0 Å². The van der Waals surface area contributed by atoms with E-state index in [2.05, 4.69) is 79.1 Å². The van der Waals surface area contributed by atoms with Crippen molar-refractivity contribution in [1.29, 1.82) is 5.41 Å². The molecule has 114 heavy (non-hydrogen) atoms. The van der Waals surface area contributed by atoms with Crippen molar-refractivity contribution in [2.45, 2.75) is 185 Å². The number of carboxylic acid groups (broad SMARTS) is 1. The van der Waals surface area contributed by atoms with Gasteiger partial charge < -0.3 is 107 Å². The summed E-state index contributed by atoms with van der Waals surface area (Å²) in [5, 5.41) is 65.5. The van der Waals surface area contributed by atoms with Crippen molar-refractivity contribution in [1.82, 2.24) is 79.1 Å². The molecule has 13 amide bonds. The van der Waals surface area contributed by atoms with Crippen molar-refractivity contribution in [2.75, 3.05) is 37.7 Å². The summed E-state index contributed by atoms with van der Waals surface area (Å²) in [6, 6.07) is 9.81. The lowest BCUT2D eigenvalue weighted by Crippen LogP contribution is -2.61. The summed E-state index contributed by atoms with van der Waals surface area (Å²) in [4.78, 5) is 207. The van der Waals surface area contributed by atoms with E-state index in [0.717, 1.165) is 22.5 Å². The zero-order valence-corrected chi connectivity index (χ0v) is 65.3. The fourth-order valence-electron chi connectivity index (χ4n) is 13.0. The van der Waals surface area contributed by atoms with Crippen LogP contribution in [0.25, 0.3) is 32.6 Å². The molecule has 1 aliphatic heterocycles. The van der Waals surface area contributed by atoms with Crippen LogP contribution in [0, 0.1) is 17.2 Å². The molecule has 7 rings (SSSR count). The minimum Gasteiger partial charge on any atom is -0.481 e. The summed E-state index contributed by atoms with van der Waals surface area (Å²) in [5.74, 6) is -16.6. The van der Waals surface area contributed by atoms with E-state index in [1.165, 1.54) is 0 Å². The van der Waals surface area contributed by atoms with Gasteiger partial charge in [-0.3, -0.25) is 72.5 Å². The number of H-pyrrole nitrogens is 2. The molecular formula is C78H107N19O16S. The fraction of sp³-hybridized carbons (Fsp3) is 0.474. The van der Waals surface area contributed by atoms with Gasteiger partial charge in [0.25, 0.3) is 0 Å². The summed E-state index contributed by atoms with van der Waals surface area (Å²) >= 11 is 0.859. The molecule has 0 spiro atoms. The number of hydrogen-bond donors (Lipinski definition) is 21. The van der Waals surface area contributed by atoms with Crippen LogP contribution in [0.4, 0.5) is 0 Å². The molecule has 6 aromatic rings. The SMILES string of the molecule is CCCC[C@@H]1NC(=O)[C@H](Cc2c[nH]c3ccccc23)NC(=O)[C@H](CC(=O)O)NC(=O)[C@H](CCCCN)NC(=O)CNC(=O)[C@H](CO)NC(=O)[C@H]([C@@H](C)CC)NC(=O)[C@H](Cc2ccc3ccccc3c2)NC(=O)CSC[C@@H](C(N)=O)NC(=O)[C@H](C(C)C)NC(=O)[C@@H](Cc2c[nH]c3ccccc23)NC(=O)[C@H](CCCNC(=N)N)NC1=O. The minimum atomic E-state index is -1.95. The molecule has 616 valence electrons. The molecular weight excluding hydrogens is 1490 g/mol. The molecule has 36 heteroatoms. The molecule has 1 fully saturated rings. The number of aliphatic hydroxyl groups excluding tert-OH is 1. The van der Waals surface area contributed by atoms with E-state index in [1.54, 1.807) is 94.7 Å². The number of benzene rings is 4.